The molecule has 0 aliphatic rings. The van der Waals surface area contributed by atoms with E-state index in [0.29, 0.717) is 11.4 Å². The first-order chi connectivity index (χ1) is 10.8. The molecule has 0 saturated heterocycles. The zero-order valence-electron chi connectivity index (χ0n) is 13.3. The average Bonchev–Trinajstić information content (AvgIpc) is 2.89. The van der Waals surface area contributed by atoms with Gasteiger partial charge in [0.05, 0.1) is 15.1 Å². The normalized spacial score (nSPS) is 11.8. The predicted octanol–water partition coefficient (Wildman–Crippen LogP) is 3.93. The first kappa shape index (κ1) is 16.0. The Bertz CT molecular complexity index is 975. The summed E-state index contributed by atoms with van der Waals surface area (Å²) < 4.78 is 24.1. The molecule has 4 nitrogen and oxygen atoms in total. The number of aromatic nitrogens is 1. The molecule has 3 rings (SSSR count). The van der Waals surface area contributed by atoms with Crippen LogP contribution in [0, 0.1) is 13.8 Å². The third kappa shape index (κ3) is 3.54. The van der Waals surface area contributed by atoms with Crippen LogP contribution < -0.4 is 5.32 Å². The maximum Gasteiger partial charge on any atom is 0.184 e. The molecular weight excluding hydrogens is 328 g/mol. The van der Waals surface area contributed by atoms with Gasteiger partial charge in [-0.25, -0.2) is 13.4 Å². The zero-order valence-corrected chi connectivity index (χ0v) is 14.9. The van der Waals surface area contributed by atoms with Crippen molar-refractivity contribution in [1.29, 1.82) is 0 Å². The molecule has 0 aliphatic carbocycles. The summed E-state index contributed by atoms with van der Waals surface area (Å²) in [6.45, 7) is 4.89. The molecule has 6 heteroatoms. The molecule has 0 unspecified atom stereocenters. The molecule has 0 aliphatic heterocycles. The molecule has 0 bridgehead atoms. The Morgan fingerprint density at radius 1 is 1.09 bits per heavy atom. The molecular formula is C17H18N2O2S2. The van der Waals surface area contributed by atoms with Gasteiger partial charge in [0.2, 0.25) is 0 Å². The number of hydrogen-bond acceptors (Lipinski definition) is 5. The maximum absolute atomic E-state index is 11.6. The molecule has 1 heterocycles. The van der Waals surface area contributed by atoms with Crippen LogP contribution in [0.2, 0.25) is 0 Å². The van der Waals surface area contributed by atoms with Crippen LogP contribution in [0.3, 0.4) is 0 Å². The van der Waals surface area contributed by atoms with Gasteiger partial charge < -0.3 is 5.32 Å². The minimum absolute atomic E-state index is 0.328. The fourth-order valence-electron chi connectivity index (χ4n) is 2.30. The lowest BCUT2D eigenvalue weighted by Crippen LogP contribution is -1.99. The van der Waals surface area contributed by atoms with Crippen molar-refractivity contribution in [3.8, 4) is 0 Å². The van der Waals surface area contributed by atoms with Gasteiger partial charge in [-0.15, -0.1) is 0 Å². The summed E-state index contributed by atoms with van der Waals surface area (Å²) in [6.07, 6.45) is 1.22. The summed E-state index contributed by atoms with van der Waals surface area (Å²) in [5.74, 6) is 0. The number of aryl methyl sites for hydroxylation is 2. The van der Waals surface area contributed by atoms with E-state index in [1.165, 1.54) is 34.3 Å². The second-order valence-electron chi connectivity index (χ2n) is 5.69. The van der Waals surface area contributed by atoms with E-state index in [1.54, 1.807) is 18.2 Å². The van der Waals surface area contributed by atoms with Crippen LogP contribution in [-0.2, 0) is 16.4 Å². The Morgan fingerprint density at radius 2 is 1.87 bits per heavy atom. The van der Waals surface area contributed by atoms with E-state index in [9.17, 15) is 8.42 Å². The van der Waals surface area contributed by atoms with Gasteiger partial charge in [0, 0.05) is 12.8 Å². The SMILES string of the molecule is Cc1ccc(CNc2nc3ccc(S(C)(=O)=O)cc3s2)cc1C. The number of nitrogens with one attached hydrogen (secondary N) is 1. The summed E-state index contributed by atoms with van der Waals surface area (Å²) in [4.78, 5) is 4.83. The number of nitrogens with zero attached hydrogens (tertiary/aromatic N) is 1. The number of rotatable bonds is 4. The van der Waals surface area contributed by atoms with E-state index in [1.807, 2.05) is 0 Å². The zero-order chi connectivity index (χ0) is 16.6. The lowest BCUT2D eigenvalue weighted by Gasteiger charge is -2.05. The minimum atomic E-state index is -3.19. The molecule has 23 heavy (non-hydrogen) atoms. The molecule has 1 N–H and O–H groups in total. The van der Waals surface area contributed by atoms with Gasteiger partial charge in [-0.2, -0.15) is 0 Å². The van der Waals surface area contributed by atoms with Crippen LogP contribution in [0.25, 0.3) is 10.2 Å². The molecule has 0 fully saturated rings. The van der Waals surface area contributed by atoms with E-state index >= 15 is 0 Å². The van der Waals surface area contributed by atoms with Crippen molar-refractivity contribution >= 4 is 36.5 Å². The van der Waals surface area contributed by atoms with Crippen LogP contribution in [0.15, 0.2) is 41.3 Å². The molecule has 3 aromatic rings. The minimum Gasteiger partial charge on any atom is -0.357 e. The summed E-state index contributed by atoms with van der Waals surface area (Å²) in [6, 6.07) is 11.4. The standard InChI is InChI=1S/C17H18N2O2S2/c1-11-4-5-13(8-12(11)2)10-18-17-19-15-7-6-14(23(3,20)21)9-16(15)22-17/h4-9H,10H2,1-3H3,(H,18,19). The number of hydrogen-bond donors (Lipinski definition) is 1. The number of anilines is 1. The fourth-order valence-corrected chi connectivity index (χ4v) is 3.92. The van der Waals surface area contributed by atoms with Gasteiger partial charge in [0.1, 0.15) is 0 Å². The van der Waals surface area contributed by atoms with E-state index in [2.05, 4.69) is 42.3 Å². The van der Waals surface area contributed by atoms with Gasteiger partial charge >= 0.3 is 0 Å². The third-order valence-corrected chi connectivity index (χ3v) is 5.89. The Balaban J connectivity index is 1.82. The van der Waals surface area contributed by atoms with Crippen molar-refractivity contribution in [3.05, 3.63) is 53.1 Å². The highest BCUT2D eigenvalue weighted by atomic mass is 32.2. The highest BCUT2D eigenvalue weighted by molar-refractivity contribution is 7.90. The van der Waals surface area contributed by atoms with Crippen LogP contribution in [0.5, 0.6) is 0 Å². The van der Waals surface area contributed by atoms with E-state index < -0.39 is 9.84 Å². The first-order valence-corrected chi connectivity index (χ1v) is 9.94. The molecule has 1 aromatic heterocycles. The van der Waals surface area contributed by atoms with Gasteiger partial charge in [-0.05, 0) is 48.7 Å². The Morgan fingerprint density at radius 3 is 2.57 bits per heavy atom. The lowest BCUT2D eigenvalue weighted by atomic mass is 10.1. The molecule has 120 valence electrons. The highest BCUT2D eigenvalue weighted by Gasteiger charge is 2.10. The van der Waals surface area contributed by atoms with Crippen LogP contribution in [0.4, 0.5) is 5.13 Å². The summed E-state index contributed by atoms with van der Waals surface area (Å²) in [5, 5.41) is 4.11. The molecule has 0 radical (unpaired) electrons. The highest BCUT2D eigenvalue weighted by Crippen LogP contribution is 2.28. The van der Waals surface area contributed by atoms with Crippen LogP contribution >= 0.6 is 11.3 Å². The Hall–Kier alpha value is -1.92. The van der Waals surface area contributed by atoms with Gasteiger partial charge in [0.25, 0.3) is 0 Å². The average molecular weight is 346 g/mol. The van der Waals surface area contributed by atoms with Crippen LogP contribution in [0.1, 0.15) is 16.7 Å². The lowest BCUT2D eigenvalue weighted by molar-refractivity contribution is 0.602. The van der Waals surface area contributed by atoms with Gasteiger partial charge in [0.15, 0.2) is 15.0 Å². The quantitative estimate of drug-likeness (QED) is 0.777. The molecule has 0 atom stereocenters. The van der Waals surface area contributed by atoms with Gasteiger partial charge in [-0.3, -0.25) is 0 Å². The second kappa shape index (κ2) is 5.94. The number of fused-ring (bicyclic) bond motifs is 1. The maximum atomic E-state index is 11.6. The Kier molecular flexibility index (Phi) is 4.12. The Labute approximate surface area is 140 Å². The van der Waals surface area contributed by atoms with Crippen molar-refractivity contribution in [2.45, 2.75) is 25.3 Å². The van der Waals surface area contributed by atoms with E-state index in [0.717, 1.165) is 15.3 Å². The molecule has 0 amide bonds. The smallest absolute Gasteiger partial charge is 0.184 e. The predicted molar refractivity (Wildman–Crippen MR) is 96.0 cm³/mol. The van der Waals surface area contributed by atoms with Gasteiger partial charge in [-0.1, -0.05) is 29.5 Å². The van der Waals surface area contributed by atoms with Crippen molar-refractivity contribution in [2.75, 3.05) is 11.6 Å². The number of thiazole rings is 1. The number of sulfone groups is 1. The summed E-state index contributed by atoms with van der Waals surface area (Å²) in [7, 11) is -3.19. The second-order valence-corrected chi connectivity index (χ2v) is 8.74. The van der Waals surface area contributed by atoms with E-state index in [4.69, 9.17) is 0 Å². The molecule has 0 saturated carbocycles. The van der Waals surface area contributed by atoms with Crippen molar-refractivity contribution in [2.24, 2.45) is 0 Å². The van der Waals surface area contributed by atoms with E-state index in [-0.39, 0.29) is 0 Å². The summed E-state index contributed by atoms with van der Waals surface area (Å²) >= 11 is 1.47. The first-order valence-electron chi connectivity index (χ1n) is 7.23. The third-order valence-electron chi connectivity index (χ3n) is 3.80. The number of benzene rings is 2. The van der Waals surface area contributed by atoms with Crippen molar-refractivity contribution in [3.63, 3.8) is 0 Å². The molecule has 2 aromatic carbocycles. The monoisotopic (exact) mass is 346 g/mol. The largest absolute Gasteiger partial charge is 0.357 e. The van der Waals surface area contributed by atoms with Crippen molar-refractivity contribution < 1.29 is 8.42 Å². The van der Waals surface area contributed by atoms with Crippen molar-refractivity contribution in [1.82, 2.24) is 4.98 Å². The van der Waals surface area contributed by atoms with Crippen LogP contribution in [-0.4, -0.2) is 19.7 Å². The summed E-state index contributed by atoms with van der Waals surface area (Å²) in [5.41, 5.74) is 4.56. The topological polar surface area (TPSA) is 59.1 Å². The fraction of sp³-hybridized carbons (Fsp3) is 0.235. The molecule has 0 spiro atoms.